The number of hydrogen-bond acceptors (Lipinski definition) is 3. The van der Waals surface area contributed by atoms with Crippen LogP contribution in [-0.2, 0) is 9.47 Å². The molecule has 0 aromatic rings. The van der Waals surface area contributed by atoms with E-state index in [2.05, 4.69) is 13.8 Å². The molecule has 0 rings (SSSR count). The molecule has 38 heavy (non-hydrogen) atoms. The minimum atomic E-state index is 0.0728. The van der Waals surface area contributed by atoms with E-state index in [1.807, 2.05) is 0 Å². The Morgan fingerprint density at radius 2 is 0.684 bits per heavy atom. The van der Waals surface area contributed by atoms with Gasteiger partial charge in [0.05, 0.1) is 12.7 Å². The summed E-state index contributed by atoms with van der Waals surface area (Å²) in [6, 6.07) is 0. The molecule has 230 valence electrons. The summed E-state index contributed by atoms with van der Waals surface area (Å²) in [6.07, 6.45) is 39.1. The predicted molar refractivity (Wildman–Crippen MR) is 170 cm³/mol. The maximum atomic E-state index is 5.97. The van der Waals surface area contributed by atoms with Crippen LogP contribution in [-0.4, -0.2) is 32.5 Å². The number of rotatable bonds is 34. The standard InChI is InChI=1S/C35H73NO2/c1-3-5-7-9-11-13-15-17-19-21-23-25-27-29-31-37-34-35(33-36)38-32-30-28-26-24-22-20-18-16-14-12-10-8-6-4-2/h35H,3-34,36H2,1-2H3. The fourth-order valence-electron chi connectivity index (χ4n) is 5.34. The normalized spacial score (nSPS) is 12.4. The van der Waals surface area contributed by atoms with E-state index in [0.717, 1.165) is 19.6 Å². The Balaban J connectivity index is 3.25. The second-order valence-corrected chi connectivity index (χ2v) is 12.0. The number of hydrogen-bond donors (Lipinski definition) is 1. The molecule has 0 saturated heterocycles. The van der Waals surface area contributed by atoms with Gasteiger partial charge in [-0.1, -0.05) is 181 Å². The fourth-order valence-corrected chi connectivity index (χ4v) is 5.34. The predicted octanol–water partition coefficient (Wildman–Crippen LogP) is 11.3. The molecule has 3 heteroatoms. The lowest BCUT2D eigenvalue weighted by molar-refractivity contribution is -0.0136. The van der Waals surface area contributed by atoms with Crippen LogP contribution >= 0.6 is 0 Å². The summed E-state index contributed by atoms with van der Waals surface area (Å²) in [5.74, 6) is 0. The molecular weight excluding hydrogens is 466 g/mol. The molecular formula is C35H73NO2. The van der Waals surface area contributed by atoms with Crippen LogP contribution in [0.5, 0.6) is 0 Å². The van der Waals surface area contributed by atoms with E-state index in [1.165, 1.54) is 173 Å². The van der Waals surface area contributed by atoms with Crippen molar-refractivity contribution in [3.63, 3.8) is 0 Å². The van der Waals surface area contributed by atoms with Gasteiger partial charge in [0, 0.05) is 19.8 Å². The van der Waals surface area contributed by atoms with Crippen LogP contribution in [0.4, 0.5) is 0 Å². The van der Waals surface area contributed by atoms with E-state index in [9.17, 15) is 0 Å². The Kier molecular flexibility index (Phi) is 34.8. The van der Waals surface area contributed by atoms with E-state index < -0.39 is 0 Å². The molecule has 0 aliphatic rings. The van der Waals surface area contributed by atoms with Crippen LogP contribution in [0, 0.1) is 0 Å². The van der Waals surface area contributed by atoms with Crippen LogP contribution in [0.15, 0.2) is 0 Å². The number of unbranched alkanes of at least 4 members (excludes halogenated alkanes) is 26. The van der Waals surface area contributed by atoms with Crippen LogP contribution in [0.25, 0.3) is 0 Å². The highest BCUT2D eigenvalue weighted by Crippen LogP contribution is 2.14. The summed E-state index contributed by atoms with van der Waals surface area (Å²) in [7, 11) is 0. The Bertz CT molecular complexity index is 403. The van der Waals surface area contributed by atoms with Gasteiger partial charge in [-0.05, 0) is 12.8 Å². The molecule has 1 unspecified atom stereocenters. The highest BCUT2D eigenvalue weighted by molar-refractivity contribution is 4.58. The summed E-state index contributed by atoms with van der Waals surface area (Å²) in [6.45, 7) is 7.51. The van der Waals surface area contributed by atoms with Crippen molar-refractivity contribution in [1.29, 1.82) is 0 Å². The zero-order valence-electron chi connectivity index (χ0n) is 26.6. The van der Waals surface area contributed by atoms with Gasteiger partial charge in [0.1, 0.15) is 0 Å². The van der Waals surface area contributed by atoms with Gasteiger partial charge in [-0.15, -0.1) is 0 Å². The Labute approximate surface area is 241 Å². The summed E-state index contributed by atoms with van der Waals surface area (Å²) in [5.41, 5.74) is 5.89. The van der Waals surface area contributed by atoms with Crippen LogP contribution < -0.4 is 5.73 Å². The van der Waals surface area contributed by atoms with Crippen LogP contribution in [0.1, 0.15) is 194 Å². The van der Waals surface area contributed by atoms with Crippen molar-refractivity contribution < 1.29 is 9.47 Å². The molecule has 1 atom stereocenters. The lowest BCUT2D eigenvalue weighted by Crippen LogP contribution is -2.29. The highest BCUT2D eigenvalue weighted by atomic mass is 16.5. The molecule has 0 aliphatic carbocycles. The van der Waals surface area contributed by atoms with E-state index in [0.29, 0.717) is 13.2 Å². The van der Waals surface area contributed by atoms with E-state index in [1.54, 1.807) is 0 Å². The third kappa shape index (κ3) is 32.1. The third-order valence-corrected chi connectivity index (χ3v) is 8.06. The van der Waals surface area contributed by atoms with Crippen LogP contribution in [0.2, 0.25) is 0 Å². The molecule has 3 nitrogen and oxygen atoms in total. The molecule has 0 fully saturated rings. The first-order valence-electron chi connectivity index (χ1n) is 17.7. The smallest absolute Gasteiger partial charge is 0.0930 e. The molecule has 2 N–H and O–H groups in total. The lowest BCUT2D eigenvalue weighted by Gasteiger charge is -2.16. The van der Waals surface area contributed by atoms with E-state index in [-0.39, 0.29) is 6.10 Å². The van der Waals surface area contributed by atoms with Crippen LogP contribution in [0.3, 0.4) is 0 Å². The zero-order valence-corrected chi connectivity index (χ0v) is 26.6. The van der Waals surface area contributed by atoms with Gasteiger partial charge in [0.25, 0.3) is 0 Å². The molecule has 0 aromatic heterocycles. The Hall–Kier alpha value is -0.120. The second kappa shape index (κ2) is 34.9. The minimum absolute atomic E-state index is 0.0728. The number of ether oxygens (including phenoxy) is 2. The maximum absolute atomic E-state index is 5.97. The molecule has 0 aliphatic heterocycles. The largest absolute Gasteiger partial charge is 0.379 e. The lowest BCUT2D eigenvalue weighted by atomic mass is 10.0. The van der Waals surface area contributed by atoms with E-state index >= 15 is 0 Å². The monoisotopic (exact) mass is 540 g/mol. The fraction of sp³-hybridized carbons (Fsp3) is 1.00. The number of nitrogens with two attached hydrogens (primary N) is 1. The minimum Gasteiger partial charge on any atom is -0.379 e. The van der Waals surface area contributed by atoms with Crippen molar-refractivity contribution in [2.45, 2.75) is 200 Å². The molecule has 0 heterocycles. The first-order chi connectivity index (χ1) is 18.8. The quantitative estimate of drug-likeness (QED) is 0.0827. The average Bonchev–Trinajstić information content (AvgIpc) is 2.93. The van der Waals surface area contributed by atoms with Crippen molar-refractivity contribution in [1.82, 2.24) is 0 Å². The van der Waals surface area contributed by atoms with Gasteiger partial charge in [-0.2, -0.15) is 0 Å². The van der Waals surface area contributed by atoms with Crippen molar-refractivity contribution >= 4 is 0 Å². The van der Waals surface area contributed by atoms with Gasteiger partial charge in [0.15, 0.2) is 0 Å². The first-order valence-corrected chi connectivity index (χ1v) is 17.7. The molecule has 0 amide bonds. The molecule has 0 saturated carbocycles. The van der Waals surface area contributed by atoms with Gasteiger partial charge in [0.2, 0.25) is 0 Å². The highest BCUT2D eigenvalue weighted by Gasteiger charge is 2.07. The molecule has 0 spiro atoms. The van der Waals surface area contributed by atoms with Gasteiger partial charge >= 0.3 is 0 Å². The third-order valence-electron chi connectivity index (χ3n) is 8.06. The molecule has 0 aromatic carbocycles. The molecule has 0 radical (unpaired) electrons. The Morgan fingerprint density at radius 3 is 1.00 bits per heavy atom. The first kappa shape index (κ1) is 37.9. The van der Waals surface area contributed by atoms with E-state index in [4.69, 9.17) is 15.2 Å². The summed E-state index contributed by atoms with van der Waals surface area (Å²) in [4.78, 5) is 0. The summed E-state index contributed by atoms with van der Waals surface area (Å²) in [5, 5.41) is 0. The van der Waals surface area contributed by atoms with Crippen molar-refractivity contribution in [3.05, 3.63) is 0 Å². The Morgan fingerprint density at radius 1 is 0.395 bits per heavy atom. The summed E-state index contributed by atoms with van der Waals surface area (Å²) >= 11 is 0. The SMILES string of the molecule is CCCCCCCCCCCCCCCCOCC(CN)OCCCCCCCCCCCCCCCC. The maximum Gasteiger partial charge on any atom is 0.0930 e. The summed E-state index contributed by atoms with van der Waals surface area (Å²) < 4.78 is 11.8. The van der Waals surface area contributed by atoms with Crippen molar-refractivity contribution in [3.8, 4) is 0 Å². The topological polar surface area (TPSA) is 44.5 Å². The second-order valence-electron chi connectivity index (χ2n) is 12.0. The van der Waals surface area contributed by atoms with Crippen molar-refractivity contribution in [2.24, 2.45) is 5.73 Å². The van der Waals surface area contributed by atoms with Gasteiger partial charge in [-0.25, -0.2) is 0 Å². The zero-order chi connectivity index (χ0) is 27.6. The van der Waals surface area contributed by atoms with Crippen molar-refractivity contribution in [2.75, 3.05) is 26.4 Å². The van der Waals surface area contributed by atoms with Gasteiger partial charge in [-0.3, -0.25) is 0 Å². The molecule has 0 bridgehead atoms. The average molecular weight is 540 g/mol. The van der Waals surface area contributed by atoms with Gasteiger partial charge < -0.3 is 15.2 Å².